The van der Waals surface area contributed by atoms with Gasteiger partial charge in [-0.15, -0.1) is 10.2 Å². The minimum Gasteiger partial charge on any atom is -0.345 e. The van der Waals surface area contributed by atoms with Crippen LogP contribution in [0.5, 0.6) is 0 Å². The second-order valence-electron chi connectivity index (χ2n) is 5.65. The molecule has 0 spiro atoms. The SMILES string of the molecule is CC(=O)Nc1nnc(SCC(=O)c2cc(C)n(C3CC3)c2C)s1. The third kappa shape index (κ3) is 3.64. The fourth-order valence-corrected chi connectivity index (χ4v) is 4.31. The Balaban J connectivity index is 1.64. The molecular weight excluding hydrogens is 332 g/mol. The molecule has 1 amide bonds. The predicted octanol–water partition coefficient (Wildman–Crippen LogP) is 3.22. The molecule has 1 aliphatic carbocycles. The van der Waals surface area contributed by atoms with E-state index in [1.165, 1.54) is 42.9 Å². The van der Waals surface area contributed by atoms with E-state index in [9.17, 15) is 9.59 Å². The lowest BCUT2D eigenvalue weighted by molar-refractivity contribution is -0.114. The summed E-state index contributed by atoms with van der Waals surface area (Å²) in [4.78, 5) is 23.5. The van der Waals surface area contributed by atoms with Crippen molar-refractivity contribution in [2.24, 2.45) is 0 Å². The van der Waals surface area contributed by atoms with Gasteiger partial charge in [-0.2, -0.15) is 0 Å². The normalized spacial score (nSPS) is 14.0. The molecule has 0 atom stereocenters. The van der Waals surface area contributed by atoms with E-state index in [1.54, 1.807) is 0 Å². The summed E-state index contributed by atoms with van der Waals surface area (Å²) in [6, 6.07) is 2.56. The number of nitrogens with zero attached hydrogens (tertiary/aromatic N) is 3. The maximum Gasteiger partial charge on any atom is 0.223 e. The van der Waals surface area contributed by atoms with Crippen LogP contribution in [0.2, 0.25) is 0 Å². The minimum atomic E-state index is -0.179. The fraction of sp³-hybridized carbons (Fsp3) is 0.467. The van der Waals surface area contributed by atoms with Crippen LogP contribution in [0.3, 0.4) is 0 Å². The smallest absolute Gasteiger partial charge is 0.223 e. The first kappa shape index (κ1) is 16.2. The Morgan fingerprint density at radius 2 is 2.13 bits per heavy atom. The zero-order valence-corrected chi connectivity index (χ0v) is 14.9. The molecule has 1 fully saturated rings. The highest BCUT2D eigenvalue weighted by molar-refractivity contribution is 8.01. The second-order valence-corrected chi connectivity index (χ2v) is 7.85. The summed E-state index contributed by atoms with van der Waals surface area (Å²) in [5.74, 6) is 0.247. The number of nitrogens with one attached hydrogen (secondary N) is 1. The van der Waals surface area contributed by atoms with Crippen molar-refractivity contribution in [3.8, 4) is 0 Å². The number of rotatable bonds is 6. The van der Waals surface area contributed by atoms with Crippen molar-refractivity contribution in [1.82, 2.24) is 14.8 Å². The number of anilines is 1. The summed E-state index contributed by atoms with van der Waals surface area (Å²) >= 11 is 2.63. The highest BCUT2D eigenvalue weighted by Crippen LogP contribution is 2.38. The molecule has 3 rings (SSSR count). The molecule has 122 valence electrons. The lowest BCUT2D eigenvalue weighted by atomic mass is 10.2. The summed E-state index contributed by atoms with van der Waals surface area (Å²) in [6.45, 7) is 5.50. The number of carbonyl (C=O) groups is 2. The lowest BCUT2D eigenvalue weighted by Gasteiger charge is -2.07. The van der Waals surface area contributed by atoms with Crippen molar-refractivity contribution >= 4 is 39.9 Å². The van der Waals surface area contributed by atoms with Crippen LogP contribution in [-0.4, -0.2) is 32.2 Å². The Labute approximate surface area is 142 Å². The largest absolute Gasteiger partial charge is 0.345 e. The van der Waals surface area contributed by atoms with Gasteiger partial charge in [0.1, 0.15) is 0 Å². The van der Waals surface area contributed by atoms with E-state index in [0.717, 1.165) is 17.0 Å². The Morgan fingerprint density at radius 1 is 1.39 bits per heavy atom. The van der Waals surface area contributed by atoms with Crippen LogP contribution >= 0.6 is 23.1 Å². The highest BCUT2D eigenvalue weighted by Gasteiger charge is 2.28. The number of Topliss-reactive ketones (excluding diaryl/α,β-unsaturated/α-hetero) is 1. The molecule has 2 heterocycles. The third-order valence-electron chi connectivity index (χ3n) is 3.71. The molecule has 0 aromatic carbocycles. The Hall–Kier alpha value is -1.67. The molecule has 2 aromatic rings. The average Bonchev–Trinajstić information content (AvgIpc) is 3.14. The molecule has 0 aliphatic heterocycles. The molecule has 0 radical (unpaired) electrons. The maximum atomic E-state index is 12.5. The van der Waals surface area contributed by atoms with Crippen LogP contribution in [0, 0.1) is 13.8 Å². The van der Waals surface area contributed by atoms with Gasteiger partial charge in [-0.25, -0.2) is 0 Å². The lowest BCUT2D eigenvalue weighted by Crippen LogP contribution is -2.05. The van der Waals surface area contributed by atoms with E-state index in [-0.39, 0.29) is 11.7 Å². The van der Waals surface area contributed by atoms with Crippen molar-refractivity contribution < 1.29 is 9.59 Å². The van der Waals surface area contributed by atoms with E-state index in [4.69, 9.17) is 0 Å². The van der Waals surface area contributed by atoms with E-state index < -0.39 is 0 Å². The van der Waals surface area contributed by atoms with Gasteiger partial charge in [0.05, 0.1) is 5.75 Å². The molecule has 1 aliphatic rings. The first-order valence-corrected chi connectivity index (χ1v) is 9.21. The quantitative estimate of drug-likeness (QED) is 0.492. The Bertz CT molecular complexity index is 762. The number of aryl methyl sites for hydroxylation is 1. The molecule has 8 heteroatoms. The molecular formula is C15H18N4O2S2. The van der Waals surface area contributed by atoms with Gasteiger partial charge in [0.15, 0.2) is 10.1 Å². The van der Waals surface area contributed by atoms with Crippen LogP contribution < -0.4 is 5.32 Å². The van der Waals surface area contributed by atoms with E-state index in [2.05, 4.69) is 27.0 Å². The van der Waals surface area contributed by atoms with Gasteiger partial charge in [-0.05, 0) is 32.8 Å². The first-order valence-electron chi connectivity index (χ1n) is 7.41. The second kappa shape index (κ2) is 6.45. The zero-order valence-electron chi connectivity index (χ0n) is 13.3. The summed E-state index contributed by atoms with van der Waals surface area (Å²) < 4.78 is 2.95. The Morgan fingerprint density at radius 3 is 2.78 bits per heavy atom. The highest BCUT2D eigenvalue weighted by atomic mass is 32.2. The fourth-order valence-electron chi connectivity index (χ4n) is 2.63. The van der Waals surface area contributed by atoms with Crippen molar-refractivity contribution in [3.05, 3.63) is 23.0 Å². The monoisotopic (exact) mass is 350 g/mol. The first-order chi connectivity index (χ1) is 11.0. The molecule has 0 saturated heterocycles. The molecule has 0 unspecified atom stereocenters. The molecule has 1 N–H and O–H groups in total. The predicted molar refractivity (Wildman–Crippen MR) is 91.4 cm³/mol. The number of hydrogen-bond acceptors (Lipinski definition) is 6. The number of thioether (sulfide) groups is 1. The molecule has 0 bridgehead atoms. The van der Waals surface area contributed by atoms with Crippen LogP contribution in [-0.2, 0) is 4.79 Å². The van der Waals surface area contributed by atoms with Crippen LogP contribution in [0.4, 0.5) is 5.13 Å². The van der Waals surface area contributed by atoms with E-state index >= 15 is 0 Å². The number of aromatic nitrogens is 3. The molecule has 1 saturated carbocycles. The molecule has 23 heavy (non-hydrogen) atoms. The summed E-state index contributed by atoms with van der Waals surface area (Å²) in [7, 11) is 0. The van der Waals surface area contributed by atoms with Crippen LogP contribution in [0.1, 0.15) is 47.6 Å². The number of amides is 1. The summed E-state index contributed by atoms with van der Waals surface area (Å²) in [5, 5.41) is 10.9. The van der Waals surface area contributed by atoms with Gasteiger partial charge >= 0.3 is 0 Å². The Kier molecular flexibility index (Phi) is 4.54. The minimum absolute atomic E-state index is 0.103. The maximum absolute atomic E-state index is 12.5. The topological polar surface area (TPSA) is 76.9 Å². The van der Waals surface area contributed by atoms with Gasteiger partial charge in [-0.3, -0.25) is 9.59 Å². The number of hydrogen-bond donors (Lipinski definition) is 1. The van der Waals surface area contributed by atoms with Crippen LogP contribution in [0.15, 0.2) is 10.4 Å². The number of ketones is 1. The standard InChI is InChI=1S/C15H18N4O2S2/c1-8-6-12(9(2)19(8)11-4-5-11)13(21)7-22-15-18-17-14(23-15)16-10(3)20/h6,11H,4-5,7H2,1-3H3,(H,16,17,20). The third-order valence-corrected chi connectivity index (χ3v) is 5.68. The van der Waals surface area contributed by atoms with Crippen molar-refractivity contribution in [1.29, 1.82) is 0 Å². The summed E-state index contributed by atoms with van der Waals surface area (Å²) in [5.41, 5.74) is 3.02. The summed E-state index contributed by atoms with van der Waals surface area (Å²) in [6.07, 6.45) is 2.41. The van der Waals surface area contributed by atoms with Crippen LogP contribution in [0.25, 0.3) is 0 Å². The van der Waals surface area contributed by atoms with Gasteiger partial charge in [0.25, 0.3) is 0 Å². The van der Waals surface area contributed by atoms with Crippen molar-refractivity contribution in [3.63, 3.8) is 0 Å². The molecule has 6 nitrogen and oxygen atoms in total. The van der Waals surface area contributed by atoms with Crippen molar-refractivity contribution in [2.45, 2.75) is 44.0 Å². The zero-order chi connectivity index (χ0) is 16.6. The van der Waals surface area contributed by atoms with Gasteiger partial charge in [-0.1, -0.05) is 23.1 Å². The molecule has 2 aromatic heterocycles. The number of carbonyl (C=O) groups excluding carboxylic acids is 2. The van der Waals surface area contributed by atoms with Gasteiger partial charge in [0, 0.05) is 29.9 Å². The van der Waals surface area contributed by atoms with Gasteiger partial charge in [0.2, 0.25) is 11.0 Å². The average molecular weight is 350 g/mol. The van der Waals surface area contributed by atoms with Crippen molar-refractivity contribution in [2.75, 3.05) is 11.1 Å². The van der Waals surface area contributed by atoms with E-state index in [1.807, 2.05) is 13.0 Å². The van der Waals surface area contributed by atoms with Gasteiger partial charge < -0.3 is 9.88 Å². The van der Waals surface area contributed by atoms with E-state index in [0.29, 0.717) is 21.3 Å².